The number of ketones is 1. The maximum atomic E-state index is 11.8. The lowest BCUT2D eigenvalue weighted by Gasteiger charge is -2.14. The molecule has 0 aliphatic carbocycles. The van der Waals surface area contributed by atoms with Gasteiger partial charge in [-0.2, -0.15) is 5.10 Å². The van der Waals surface area contributed by atoms with E-state index in [0.29, 0.717) is 18.8 Å². The molecule has 17 heavy (non-hydrogen) atoms. The zero-order chi connectivity index (χ0) is 13.0. The van der Waals surface area contributed by atoms with Crippen molar-refractivity contribution in [1.82, 2.24) is 14.8 Å². The number of aromatic nitrogens is 3. The van der Waals surface area contributed by atoms with Crippen molar-refractivity contribution in [2.45, 2.75) is 52.6 Å². The molecule has 0 aliphatic rings. The van der Waals surface area contributed by atoms with Crippen LogP contribution in [0.4, 0.5) is 0 Å². The van der Waals surface area contributed by atoms with E-state index in [9.17, 15) is 4.79 Å². The number of Topliss-reactive ketones (excluding diaryl/α,β-unsaturated/α-hetero) is 1. The third-order valence-corrected chi connectivity index (χ3v) is 2.81. The molecule has 1 aromatic rings. The Bertz CT molecular complexity index is 370. The first-order valence-electron chi connectivity index (χ1n) is 6.07. The van der Waals surface area contributed by atoms with E-state index >= 15 is 0 Å². The highest BCUT2D eigenvalue weighted by Crippen LogP contribution is 2.09. The molecule has 1 unspecified atom stereocenters. The fourth-order valence-electron chi connectivity index (χ4n) is 1.58. The van der Waals surface area contributed by atoms with Gasteiger partial charge in [-0.25, -0.2) is 9.67 Å². The SMILES string of the molecule is CC(C)C(N)CC(=O)Cc1ncnn1C(C)C. The van der Waals surface area contributed by atoms with Crippen LogP contribution in [-0.2, 0) is 11.2 Å². The molecule has 1 aromatic heterocycles. The van der Waals surface area contributed by atoms with Crippen molar-refractivity contribution in [3.05, 3.63) is 12.2 Å². The largest absolute Gasteiger partial charge is 0.327 e. The number of rotatable bonds is 6. The Kier molecular flexibility index (Phi) is 4.81. The van der Waals surface area contributed by atoms with Gasteiger partial charge in [0.1, 0.15) is 17.9 Å². The highest BCUT2D eigenvalue weighted by molar-refractivity contribution is 5.80. The van der Waals surface area contributed by atoms with Gasteiger partial charge in [-0.1, -0.05) is 13.8 Å². The molecular weight excluding hydrogens is 216 g/mol. The summed E-state index contributed by atoms with van der Waals surface area (Å²) < 4.78 is 1.78. The Morgan fingerprint density at radius 1 is 1.41 bits per heavy atom. The number of hydrogen-bond acceptors (Lipinski definition) is 4. The van der Waals surface area contributed by atoms with Crippen molar-refractivity contribution in [3.8, 4) is 0 Å². The molecule has 0 fully saturated rings. The number of carbonyl (C=O) groups is 1. The molecule has 2 N–H and O–H groups in total. The van der Waals surface area contributed by atoms with E-state index in [1.54, 1.807) is 4.68 Å². The quantitative estimate of drug-likeness (QED) is 0.811. The summed E-state index contributed by atoms with van der Waals surface area (Å²) in [6, 6.07) is 0.150. The van der Waals surface area contributed by atoms with Crippen LogP contribution in [0.15, 0.2) is 6.33 Å². The third kappa shape index (κ3) is 3.93. The minimum Gasteiger partial charge on any atom is -0.327 e. The monoisotopic (exact) mass is 238 g/mol. The lowest BCUT2D eigenvalue weighted by atomic mass is 9.98. The molecule has 0 radical (unpaired) electrons. The van der Waals surface area contributed by atoms with Gasteiger partial charge < -0.3 is 5.73 Å². The van der Waals surface area contributed by atoms with E-state index in [1.165, 1.54) is 6.33 Å². The number of nitrogens with zero attached hydrogens (tertiary/aromatic N) is 3. The Morgan fingerprint density at radius 2 is 2.06 bits per heavy atom. The zero-order valence-electron chi connectivity index (χ0n) is 11.1. The average molecular weight is 238 g/mol. The summed E-state index contributed by atoms with van der Waals surface area (Å²) in [6.07, 6.45) is 2.21. The van der Waals surface area contributed by atoms with Crippen LogP contribution in [0.2, 0.25) is 0 Å². The van der Waals surface area contributed by atoms with Crippen molar-refractivity contribution < 1.29 is 4.79 Å². The van der Waals surface area contributed by atoms with Crippen LogP contribution in [0.5, 0.6) is 0 Å². The van der Waals surface area contributed by atoms with Gasteiger partial charge in [-0.05, 0) is 19.8 Å². The Hall–Kier alpha value is -1.23. The molecule has 96 valence electrons. The maximum absolute atomic E-state index is 11.8. The first kappa shape index (κ1) is 13.8. The molecule has 0 aliphatic heterocycles. The molecule has 0 bridgehead atoms. The lowest BCUT2D eigenvalue weighted by molar-refractivity contribution is -0.119. The fourth-order valence-corrected chi connectivity index (χ4v) is 1.58. The van der Waals surface area contributed by atoms with Gasteiger partial charge in [0.15, 0.2) is 0 Å². The molecule has 1 heterocycles. The highest BCUT2D eigenvalue weighted by atomic mass is 16.1. The molecule has 1 rings (SSSR count). The minimum atomic E-state index is -0.0714. The van der Waals surface area contributed by atoms with E-state index in [2.05, 4.69) is 10.1 Å². The van der Waals surface area contributed by atoms with Crippen LogP contribution in [0.25, 0.3) is 0 Å². The van der Waals surface area contributed by atoms with E-state index in [1.807, 2.05) is 27.7 Å². The summed E-state index contributed by atoms with van der Waals surface area (Å²) in [6.45, 7) is 8.08. The Balaban J connectivity index is 2.59. The van der Waals surface area contributed by atoms with Gasteiger partial charge in [-0.3, -0.25) is 4.79 Å². The molecule has 0 spiro atoms. The Morgan fingerprint density at radius 3 is 2.59 bits per heavy atom. The zero-order valence-corrected chi connectivity index (χ0v) is 11.1. The predicted octanol–water partition coefficient (Wildman–Crippen LogP) is 1.34. The second-order valence-corrected chi connectivity index (χ2v) is 5.04. The summed E-state index contributed by atoms with van der Waals surface area (Å²) in [7, 11) is 0. The molecule has 0 amide bonds. The summed E-state index contributed by atoms with van der Waals surface area (Å²) in [5.41, 5.74) is 5.88. The van der Waals surface area contributed by atoms with Gasteiger partial charge in [0.05, 0.1) is 6.42 Å². The molecule has 0 saturated carbocycles. The van der Waals surface area contributed by atoms with Gasteiger partial charge in [0.25, 0.3) is 0 Å². The van der Waals surface area contributed by atoms with Crippen molar-refractivity contribution in [2.24, 2.45) is 11.7 Å². The van der Waals surface area contributed by atoms with Crippen LogP contribution >= 0.6 is 0 Å². The van der Waals surface area contributed by atoms with Crippen molar-refractivity contribution in [2.75, 3.05) is 0 Å². The maximum Gasteiger partial charge on any atom is 0.142 e. The lowest BCUT2D eigenvalue weighted by Crippen LogP contribution is -2.30. The first-order valence-corrected chi connectivity index (χ1v) is 6.07. The highest BCUT2D eigenvalue weighted by Gasteiger charge is 2.16. The number of carbonyl (C=O) groups excluding carboxylic acids is 1. The predicted molar refractivity (Wildman–Crippen MR) is 66.5 cm³/mol. The van der Waals surface area contributed by atoms with Gasteiger partial charge >= 0.3 is 0 Å². The van der Waals surface area contributed by atoms with E-state index in [-0.39, 0.29) is 17.9 Å². The van der Waals surface area contributed by atoms with Crippen LogP contribution in [0.1, 0.15) is 46.0 Å². The van der Waals surface area contributed by atoms with Crippen molar-refractivity contribution in [3.63, 3.8) is 0 Å². The topological polar surface area (TPSA) is 73.8 Å². The molecule has 5 heteroatoms. The molecular formula is C12H22N4O. The second kappa shape index (κ2) is 5.91. The van der Waals surface area contributed by atoms with Crippen LogP contribution in [0.3, 0.4) is 0 Å². The van der Waals surface area contributed by atoms with Crippen LogP contribution in [-0.4, -0.2) is 26.6 Å². The second-order valence-electron chi connectivity index (χ2n) is 5.04. The van der Waals surface area contributed by atoms with Gasteiger partial charge in [0, 0.05) is 18.5 Å². The summed E-state index contributed by atoms with van der Waals surface area (Å²) in [5, 5.41) is 4.11. The van der Waals surface area contributed by atoms with Gasteiger partial charge in [-0.15, -0.1) is 0 Å². The molecule has 0 saturated heterocycles. The summed E-state index contributed by atoms with van der Waals surface area (Å²) in [5.74, 6) is 1.17. The van der Waals surface area contributed by atoms with E-state index in [0.717, 1.165) is 5.82 Å². The minimum absolute atomic E-state index is 0.0714. The number of nitrogens with two attached hydrogens (primary N) is 1. The van der Waals surface area contributed by atoms with Crippen LogP contribution < -0.4 is 5.73 Å². The van der Waals surface area contributed by atoms with E-state index < -0.39 is 0 Å². The number of hydrogen-bond donors (Lipinski definition) is 1. The average Bonchev–Trinajstić information content (AvgIpc) is 2.65. The van der Waals surface area contributed by atoms with Crippen molar-refractivity contribution >= 4 is 5.78 Å². The first-order chi connectivity index (χ1) is 7.91. The smallest absolute Gasteiger partial charge is 0.142 e. The molecule has 1 atom stereocenters. The Labute approximate surface area is 102 Å². The molecule has 0 aromatic carbocycles. The molecule has 5 nitrogen and oxygen atoms in total. The normalized spacial score (nSPS) is 13.4. The third-order valence-electron chi connectivity index (χ3n) is 2.81. The van der Waals surface area contributed by atoms with Gasteiger partial charge in [0.2, 0.25) is 0 Å². The standard InChI is InChI=1S/C12H22N4O/c1-8(2)11(13)5-10(17)6-12-14-7-15-16(12)9(3)4/h7-9,11H,5-6,13H2,1-4H3. The summed E-state index contributed by atoms with van der Waals surface area (Å²) in [4.78, 5) is 16.0. The van der Waals surface area contributed by atoms with Crippen molar-refractivity contribution in [1.29, 1.82) is 0 Å². The van der Waals surface area contributed by atoms with E-state index in [4.69, 9.17) is 5.73 Å². The summed E-state index contributed by atoms with van der Waals surface area (Å²) >= 11 is 0. The fraction of sp³-hybridized carbons (Fsp3) is 0.750. The van der Waals surface area contributed by atoms with Crippen LogP contribution in [0, 0.1) is 5.92 Å².